The summed E-state index contributed by atoms with van der Waals surface area (Å²) in [6.07, 6.45) is -2.84. The second kappa shape index (κ2) is 10.1. The van der Waals surface area contributed by atoms with Crippen molar-refractivity contribution in [3.05, 3.63) is 59.8 Å². The fourth-order valence-electron chi connectivity index (χ4n) is 3.16. The van der Waals surface area contributed by atoms with E-state index < -0.39 is 42.0 Å². The highest BCUT2D eigenvalue weighted by Crippen LogP contribution is 2.30. The summed E-state index contributed by atoms with van der Waals surface area (Å²) in [4.78, 5) is 41.5. The third kappa shape index (κ3) is 6.19. The predicted molar refractivity (Wildman–Crippen MR) is 107 cm³/mol. The third-order valence-electron chi connectivity index (χ3n) is 4.92. The van der Waals surface area contributed by atoms with Crippen LogP contribution in [0.1, 0.15) is 28.8 Å². The second-order valence-electron chi connectivity index (χ2n) is 7.14. The lowest BCUT2D eigenvalue weighted by atomic mass is 9.97. The first-order valence-corrected chi connectivity index (χ1v) is 9.83. The summed E-state index contributed by atoms with van der Waals surface area (Å²) in [5, 5.41) is 0. The molecule has 1 aliphatic heterocycles. The maximum Gasteiger partial charge on any atom is 0.417 e. The number of alkyl halides is 3. The van der Waals surface area contributed by atoms with Crippen molar-refractivity contribution in [2.24, 2.45) is 5.92 Å². The van der Waals surface area contributed by atoms with Gasteiger partial charge in [0.2, 0.25) is 0 Å². The number of ether oxygens (including phenoxy) is 1. The van der Waals surface area contributed by atoms with Gasteiger partial charge in [-0.25, -0.2) is 4.98 Å². The first-order chi connectivity index (χ1) is 15.2. The van der Waals surface area contributed by atoms with Crippen molar-refractivity contribution in [3.63, 3.8) is 0 Å². The normalized spacial score (nSPS) is 14.5. The molecule has 32 heavy (non-hydrogen) atoms. The van der Waals surface area contributed by atoms with Gasteiger partial charge in [-0.2, -0.15) is 13.2 Å². The predicted octanol–water partition coefficient (Wildman–Crippen LogP) is 2.32. The Morgan fingerprint density at radius 3 is 2.31 bits per heavy atom. The number of rotatable bonds is 5. The molecule has 1 aromatic carbocycles. The number of esters is 1. The van der Waals surface area contributed by atoms with Crippen LogP contribution in [0.25, 0.3) is 0 Å². The smallest absolute Gasteiger partial charge is 0.417 e. The van der Waals surface area contributed by atoms with Crippen molar-refractivity contribution in [1.82, 2.24) is 15.8 Å². The Morgan fingerprint density at radius 2 is 1.72 bits per heavy atom. The summed E-state index contributed by atoms with van der Waals surface area (Å²) < 4.78 is 42.9. The largest absolute Gasteiger partial charge is 0.455 e. The number of hydrogen-bond acceptors (Lipinski definition) is 6. The van der Waals surface area contributed by atoms with E-state index in [1.54, 1.807) is 35.2 Å². The number of hydrazine groups is 1. The molecule has 2 N–H and O–H groups in total. The van der Waals surface area contributed by atoms with Gasteiger partial charge in [0.15, 0.2) is 6.61 Å². The number of aromatic nitrogens is 1. The van der Waals surface area contributed by atoms with E-state index in [2.05, 4.69) is 15.8 Å². The first-order valence-electron chi connectivity index (χ1n) is 9.83. The number of nitrogens with zero attached hydrogens (tertiary/aromatic N) is 2. The van der Waals surface area contributed by atoms with Gasteiger partial charge in [0.25, 0.3) is 11.8 Å². The fourth-order valence-corrected chi connectivity index (χ4v) is 3.16. The Morgan fingerprint density at radius 1 is 1.03 bits per heavy atom. The van der Waals surface area contributed by atoms with Crippen molar-refractivity contribution in [3.8, 4) is 0 Å². The maximum absolute atomic E-state index is 12.6. The molecule has 0 spiro atoms. The lowest BCUT2D eigenvalue weighted by Gasteiger charge is -2.31. The molecule has 0 aliphatic carbocycles. The number of benzene rings is 1. The highest BCUT2D eigenvalue weighted by Gasteiger charge is 2.31. The van der Waals surface area contributed by atoms with Crippen LogP contribution in [0.2, 0.25) is 0 Å². The molecule has 170 valence electrons. The van der Waals surface area contributed by atoms with Gasteiger partial charge in [0.1, 0.15) is 5.82 Å². The molecule has 11 heteroatoms. The molecule has 1 aromatic heterocycles. The minimum Gasteiger partial charge on any atom is -0.455 e. The molecule has 0 unspecified atom stereocenters. The molecular weight excluding hydrogens is 429 g/mol. The van der Waals surface area contributed by atoms with Crippen LogP contribution < -0.4 is 15.8 Å². The standard InChI is InChI=1S/C21H21F3N4O4/c22-21(23,24)16-6-7-17(25-12-16)28-10-8-15(9-11-28)20(31)32-13-18(29)26-27-19(30)14-4-2-1-3-5-14/h1-7,12,15H,8-11,13H2,(H,26,29)(H,27,30). The number of amides is 2. The average Bonchev–Trinajstić information content (AvgIpc) is 2.81. The monoisotopic (exact) mass is 450 g/mol. The summed E-state index contributed by atoms with van der Waals surface area (Å²) in [7, 11) is 0. The second-order valence-corrected chi connectivity index (χ2v) is 7.14. The van der Waals surface area contributed by atoms with E-state index in [9.17, 15) is 27.6 Å². The summed E-state index contributed by atoms with van der Waals surface area (Å²) >= 11 is 0. The lowest BCUT2D eigenvalue weighted by molar-refractivity contribution is -0.153. The molecule has 1 fully saturated rings. The summed E-state index contributed by atoms with van der Waals surface area (Å²) in [6.45, 7) is 0.281. The minimum atomic E-state index is -4.45. The molecule has 0 bridgehead atoms. The van der Waals surface area contributed by atoms with Crippen molar-refractivity contribution in [2.45, 2.75) is 19.0 Å². The van der Waals surface area contributed by atoms with Gasteiger partial charge < -0.3 is 9.64 Å². The van der Waals surface area contributed by atoms with Gasteiger partial charge in [-0.05, 0) is 37.1 Å². The highest BCUT2D eigenvalue weighted by atomic mass is 19.4. The van der Waals surface area contributed by atoms with E-state index in [0.29, 0.717) is 37.3 Å². The van der Waals surface area contributed by atoms with Gasteiger partial charge in [0, 0.05) is 24.8 Å². The van der Waals surface area contributed by atoms with Crippen LogP contribution in [0, 0.1) is 5.92 Å². The number of nitrogens with one attached hydrogen (secondary N) is 2. The Hall–Kier alpha value is -3.63. The van der Waals surface area contributed by atoms with Crippen LogP contribution in [0.3, 0.4) is 0 Å². The number of carbonyl (C=O) groups is 3. The van der Waals surface area contributed by atoms with E-state index >= 15 is 0 Å². The zero-order chi connectivity index (χ0) is 23.1. The first kappa shape index (κ1) is 23.0. The Bertz CT molecular complexity index is 944. The van der Waals surface area contributed by atoms with Crippen LogP contribution in [-0.4, -0.2) is 42.5 Å². The molecular formula is C21H21F3N4O4. The molecule has 0 atom stereocenters. The van der Waals surface area contributed by atoms with Gasteiger partial charge in [0.05, 0.1) is 11.5 Å². The average molecular weight is 450 g/mol. The quantitative estimate of drug-likeness (QED) is 0.536. The molecule has 8 nitrogen and oxygen atoms in total. The van der Waals surface area contributed by atoms with Crippen LogP contribution in [0.4, 0.5) is 19.0 Å². The Kier molecular flexibility index (Phi) is 7.29. The highest BCUT2D eigenvalue weighted by molar-refractivity contribution is 5.95. The summed E-state index contributed by atoms with van der Waals surface area (Å²) in [6, 6.07) is 10.5. The van der Waals surface area contributed by atoms with E-state index in [4.69, 9.17) is 4.74 Å². The zero-order valence-electron chi connectivity index (χ0n) is 16.9. The summed E-state index contributed by atoms with van der Waals surface area (Å²) in [5.41, 5.74) is 3.93. The Labute approximate surface area is 181 Å². The van der Waals surface area contributed by atoms with Crippen molar-refractivity contribution in [2.75, 3.05) is 24.6 Å². The van der Waals surface area contributed by atoms with Crippen LogP contribution in [0.5, 0.6) is 0 Å². The number of carbonyl (C=O) groups excluding carboxylic acids is 3. The topological polar surface area (TPSA) is 101 Å². The van der Waals surface area contributed by atoms with E-state index in [1.165, 1.54) is 6.07 Å². The molecule has 0 saturated carbocycles. The summed E-state index contributed by atoms with van der Waals surface area (Å²) in [5.74, 6) is -1.77. The SMILES string of the molecule is O=C(COC(=O)C1CCN(c2ccc(C(F)(F)F)cn2)CC1)NNC(=O)c1ccccc1. The fraction of sp³-hybridized carbons (Fsp3) is 0.333. The Balaban J connectivity index is 1.39. The van der Waals surface area contributed by atoms with Gasteiger partial charge >= 0.3 is 12.1 Å². The van der Waals surface area contributed by atoms with Gasteiger partial charge in [-0.3, -0.25) is 25.2 Å². The lowest BCUT2D eigenvalue weighted by Crippen LogP contribution is -2.44. The van der Waals surface area contributed by atoms with Crippen molar-refractivity contribution >= 4 is 23.6 Å². The number of anilines is 1. The number of halogens is 3. The van der Waals surface area contributed by atoms with E-state index in [1.807, 2.05) is 0 Å². The van der Waals surface area contributed by atoms with Crippen molar-refractivity contribution < 1.29 is 32.3 Å². The van der Waals surface area contributed by atoms with Crippen LogP contribution >= 0.6 is 0 Å². The van der Waals surface area contributed by atoms with E-state index in [-0.39, 0.29) is 0 Å². The zero-order valence-corrected chi connectivity index (χ0v) is 16.9. The van der Waals surface area contributed by atoms with Crippen molar-refractivity contribution in [1.29, 1.82) is 0 Å². The molecule has 3 rings (SSSR count). The molecule has 1 saturated heterocycles. The third-order valence-corrected chi connectivity index (χ3v) is 4.92. The number of pyridine rings is 1. The number of piperidine rings is 1. The molecule has 2 amide bonds. The number of hydrogen-bond donors (Lipinski definition) is 2. The van der Waals surface area contributed by atoms with E-state index in [0.717, 1.165) is 12.3 Å². The van der Waals surface area contributed by atoms with Gasteiger partial charge in [-0.15, -0.1) is 0 Å². The molecule has 2 aromatic rings. The maximum atomic E-state index is 12.6. The molecule has 0 radical (unpaired) electrons. The van der Waals surface area contributed by atoms with Crippen LogP contribution in [0.15, 0.2) is 48.7 Å². The minimum absolute atomic E-state index is 0.360. The molecule has 1 aliphatic rings. The van der Waals surface area contributed by atoms with Crippen LogP contribution in [-0.2, 0) is 20.5 Å². The van der Waals surface area contributed by atoms with Gasteiger partial charge in [-0.1, -0.05) is 18.2 Å². The molecule has 2 heterocycles.